The Kier molecular flexibility index (Phi) is 3.63. The molecule has 0 fully saturated rings. The summed E-state index contributed by atoms with van der Waals surface area (Å²) in [7, 11) is 0. The summed E-state index contributed by atoms with van der Waals surface area (Å²) in [6, 6.07) is 12.2. The number of halogens is 2. The monoisotopic (exact) mass is 304 g/mol. The van der Waals surface area contributed by atoms with Gasteiger partial charge in [0.25, 0.3) is 0 Å². The molecule has 1 N–H and O–H groups in total. The van der Waals surface area contributed by atoms with Gasteiger partial charge in [-0.3, -0.25) is 0 Å². The van der Waals surface area contributed by atoms with E-state index >= 15 is 0 Å². The summed E-state index contributed by atoms with van der Waals surface area (Å²) in [6.45, 7) is 1.94. The van der Waals surface area contributed by atoms with Crippen molar-refractivity contribution in [2.24, 2.45) is 0 Å². The van der Waals surface area contributed by atoms with E-state index in [2.05, 4.69) is 21.2 Å². The van der Waals surface area contributed by atoms with E-state index < -0.39 is 5.82 Å². The molecule has 0 spiro atoms. The van der Waals surface area contributed by atoms with Crippen LogP contribution in [-0.2, 0) is 0 Å². The van der Waals surface area contributed by atoms with E-state index in [0.29, 0.717) is 5.69 Å². The molecule has 0 unspecified atom stereocenters. The zero-order valence-corrected chi connectivity index (χ0v) is 11.3. The molecule has 0 radical (unpaired) electrons. The third kappa shape index (κ3) is 2.52. The zero-order valence-electron chi connectivity index (χ0n) is 9.67. The molecule has 0 amide bonds. The second-order valence-corrected chi connectivity index (χ2v) is 4.77. The predicted octanol–water partition coefficient (Wildman–Crippen LogP) is 4.51. The summed E-state index contributed by atoms with van der Waals surface area (Å²) in [5.74, 6) is -0.518. The minimum atomic E-state index is -0.518. The van der Waals surface area contributed by atoms with Gasteiger partial charge in [-0.1, -0.05) is 28.1 Å². The van der Waals surface area contributed by atoms with E-state index in [1.54, 1.807) is 12.1 Å². The van der Waals surface area contributed by atoms with Crippen LogP contribution in [0.25, 0.3) is 0 Å². The van der Waals surface area contributed by atoms with Crippen molar-refractivity contribution in [1.29, 1.82) is 5.26 Å². The van der Waals surface area contributed by atoms with E-state index in [9.17, 15) is 4.39 Å². The van der Waals surface area contributed by atoms with Gasteiger partial charge in [-0.25, -0.2) is 4.39 Å². The first-order valence-corrected chi connectivity index (χ1v) is 6.13. The molecule has 90 valence electrons. The Morgan fingerprint density at radius 3 is 2.72 bits per heavy atom. The van der Waals surface area contributed by atoms with Crippen LogP contribution in [0.15, 0.2) is 40.9 Å². The number of nitriles is 1. The fraction of sp³-hybridized carbons (Fsp3) is 0.0714. The highest BCUT2D eigenvalue weighted by Gasteiger charge is 2.08. The average Bonchev–Trinajstić information content (AvgIpc) is 2.34. The van der Waals surface area contributed by atoms with E-state index in [0.717, 1.165) is 15.7 Å². The van der Waals surface area contributed by atoms with Crippen LogP contribution in [0.5, 0.6) is 0 Å². The van der Waals surface area contributed by atoms with Gasteiger partial charge in [0.05, 0.1) is 5.69 Å². The normalized spacial score (nSPS) is 9.89. The van der Waals surface area contributed by atoms with Crippen LogP contribution in [0.4, 0.5) is 15.8 Å². The molecule has 0 saturated heterocycles. The topological polar surface area (TPSA) is 35.8 Å². The number of nitrogens with zero attached hydrogens (tertiary/aromatic N) is 1. The molecular formula is C14H10BrFN2. The van der Waals surface area contributed by atoms with Crippen LogP contribution in [0.2, 0.25) is 0 Å². The highest BCUT2D eigenvalue weighted by Crippen LogP contribution is 2.27. The summed E-state index contributed by atoms with van der Waals surface area (Å²) in [5.41, 5.74) is 2.36. The summed E-state index contributed by atoms with van der Waals surface area (Å²) >= 11 is 3.38. The molecule has 2 rings (SSSR count). The van der Waals surface area contributed by atoms with Gasteiger partial charge in [0, 0.05) is 10.2 Å². The number of nitrogens with one attached hydrogen (secondary N) is 1. The first-order valence-electron chi connectivity index (χ1n) is 5.33. The van der Waals surface area contributed by atoms with Gasteiger partial charge in [-0.05, 0) is 36.8 Å². The smallest absolute Gasteiger partial charge is 0.143 e. The average molecular weight is 305 g/mol. The van der Waals surface area contributed by atoms with Crippen LogP contribution in [0.1, 0.15) is 11.1 Å². The largest absolute Gasteiger partial charge is 0.354 e. The lowest BCUT2D eigenvalue weighted by Gasteiger charge is -2.11. The second kappa shape index (κ2) is 5.19. The molecule has 0 heterocycles. The Balaban J connectivity index is 2.44. The molecule has 18 heavy (non-hydrogen) atoms. The molecule has 0 saturated carbocycles. The van der Waals surface area contributed by atoms with Gasteiger partial charge < -0.3 is 5.32 Å². The Morgan fingerprint density at radius 2 is 2.00 bits per heavy atom. The molecule has 0 aliphatic heterocycles. The molecule has 4 heteroatoms. The fourth-order valence-electron chi connectivity index (χ4n) is 1.62. The van der Waals surface area contributed by atoms with Crippen molar-refractivity contribution in [3.63, 3.8) is 0 Å². The van der Waals surface area contributed by atoms with Crippen LogP contribution in [-0.4, -0.2) is 0 Å². The lowest BCUT2D eigenvalue weighted by molar-refractivity contribution is 0.624. The Hall–Kier alpha value is -1.86. The minimum absolute atomic E-state index is 0.0249. The lowest BCUT2D eigenvalue weighted by atomic mass is 10.1. The lowest BCUT2D eigenvalue weighted by Crippen LogP contribution is -1.97. The molecule has 0 bridgehead atoms. The zero-order chi connectivity index (χ0) is 13.1. The highest BCUT2D eigenvalue weighted by atomic mass is 79.9. The molecule has 0 aliphatic rings. The molecule has 2 nitrogen and oxygen atoms in total. The number of anilines is 2. The third-order valence-corrected chi connectivity index (χ3v) is 3.09. The molecular weight excluding hydrogens is 295 g/mol. The second-order valence-electron chi connectivity index (χ2n) is 3.86. The minimum Gasteiger partial charge on any atom is -0.354 e. The van der Waals surface area contributed by atoms with E-state index in [1.807, 2.05) is 31.2 Å². The summed E-state index contributed by atoms with van der Waals surface area (Å²) in [6.07, 6.45) is 0. The fourth-order valence-corrected chi connectivity index (χ4v) is 1.98. The maximum atomic E-state index is 13.5. The van der Waals surface area contributed by atoms with Crippen LogP contribution in [0.3, 0.4) is 0 Å². The van der Waals surface area contributed by atoms with E-state index in [4.69, 9.17) is 5.26 Å². The first-order chi connectivity index (χ1) is 8.61. The summed E-state index contributed by atoms with van der Waals surface area (Å²) in [5, 5.41) is 12.0. The summed E-state index contributed by atoms with van der Waals surface area (Å²) in [4.78, 5) is 0. The van der Waals surface area contributed by atoms with Crippen molar-refractivity contribution in [1.82, 2.24) is 0 Å². The Labute approximate surface area is 113 Å². The highest BCUT2D eigenvalue weighted by molar-refractivity contribution is 9.10. The van der Waals surface area contributed by atoms with Crippen molar-refractivity contribution in [3.8, 4) is 6.07 Å². The quantitative estimate of drug-likeness (QED) is 0.886. The van der Waals surface area contributed by atoms with Crippen molar-refractivity contribution in [2.75, 3.05) is 5.32 Å². The Morgan fingerprint density at radius 1 is 1.22 bits per heavy atom. The van der Waals surface area contributed by atoms with E-state index in [-0.39, 0.29) is 5.56 Å². The molecule has 2 aromatic rings. The van der Waals surface area contributed by atoms with Crippen LogP contribution in [0, 0.1) is 24.1 Å². The summed E-state index contributed by atoms with van der Waals surface area (Å²) < 4.78 is 14.4. The van der Waals surface area contributed by atoms with Crippen LogP contribution < -0.4 is 5.32 Å². The van der Waals surface area contributed by atoms with E-state index in [1.165, 1.54) is 6.07 Å². The molecule has 0 aromatic heterocycles. The van der Waals surface area contributed by atoms with Crippen LogP contribution >= 0.6 is 15.9 Å². The van der Waals surface area contributed by atoms with Crippen molar-refractivity contribution in [2.45, 2.75) is 6.92 Å². The number of aryl methyl sites for hydroxylation is 1. The first kappa shape index (κ1) is 12.6. The maximum absolute atomic E-state index is 13.5. The van der Waals surface area contributed by atoms with Gasteiger partial charge in [-0.15, -0.1) is 0 Å². The van der Waals surface area contributed by atoms with Crippen molar-refractivity contribution < 1.29 is 4.39 Å². The molecule has 0 atom stereocenters. The van der Waals surface area contributed by atoms with Gasteiger partial charge in [0.15, 0.2) is 0 Å². The van der Waals surface area contributed by atoms with Gasteiger partial charge >= 0.3 is 0 Å². The number of benzene rings is 2. The number of hydrogen-bond acceptors (Lipinski definition) is 2. The molecule has 0 aliphatic carbocycles. The Bertz CT molecular complexity index is 632. The van der Waals surface area contributed by atoms with Gasteiger partial charge in [0.1, 0.15) is 17.4 Å². The standard InChI is InChI=1S/C14H10BrFN2/c1-9-5-6-10(15)7-14(9)18-13-4-2-3-12(16)11(13)8-17/h2-7,18H,1H3. The number of hydrogen-bond donors (Lipinski definition) is 1. The number of rotatable bonds is 2. The van der Waals surface area contributed by atoms with Crippen molar-refractivity contribution >= 4 is 27.3 Å². The molecule has 2 aromatic carbocycles. The van der Waals surface area contributed by atoms with Gasteiger partial charge in [0.2, 0.25) is 0 Å². The van der Waals surface area contributed by atoms with Crippen molar-refractivity contribution in [3.05, 3.63) is 57.8 Å². The SMILES string of the molecule is Cc1ccc(Br)cc1Nc1cccc(F)c1C#N. The third-order valence-electron chi connectivity index (χ3n) is 2.59. The van der Waals surface area contributed by atoms with Gasteiger partial charge in [-0.2, -0.15) is 5.26 Å². The predicted molar refractivity (Wildman–Crippen MR) is 73.3 cm³/mol. The maximum Gasteiger partial charge on any atom is 0.143 e.